The van der Waals surface area contributed by atoms with Crippen LogP contribution in [-0.4, -0.2) is 41.0 Å². The molecule has 1 saturated carbocycles. The monoisotopic (exact) mass is 399 g/mol. The zero-order valence-corrected chi connectivity index (χ0v) is 16.8. The number of hydrogen-bond donors (Lipinski definition) is 1. The van der Waals surface area contributed by atoms with Crippen molar-refractivity contribution in [3.8, 4) is 0 Å². The molecular weight excluding hydrogens is 374 g/mol. The van der Waals surface area contributed by atoms with Crippen LogP contribution in [0.3, 0.4) is 0 Å². The highest BCUT2D eigenvalue weighted by Gasteiger charge is 2.36. The van der Waals surface area contributed by atoms with E-state index in [9.17, 15) is 13.2 Å². The fourth-order valence-corrected chi connectivity index (χ4v) is 4.64. The molecule has 7 heteroatoms. The molecule has 1 heterocycles. The summed E-state index contributed by atoms with van der Waals surface area (Å²) in [7, 11) is -1.65. The summed E-state index contributed by atoms with van der Waals surface area (Å²) < 4.78 is 28.0. The number of hydrogen-bond acceptors (Lipinski definition) is 4. The molecule has 2 aliphatic rings. The molecule has 1 amide bonds. The number of amides is 1. The molecule has 0 bridgehead atoms. The van der Waals surface area contributed by atoms with Gasteiger partial charge in [0, 0.05) is 44.0 Å². The van der Waals surface area contributed by atoms with E-state index in [1.54, 1.807) is 18.2 Å². The third-order valence-electron chi connectivity index (χ3n) is 5.39. The number of carbonyl (C=O) groups is 1. The molecule has 0 unspecified atom stereocenters. The van der Waals surface area contributed by atoms with Gasteiger partial charge in [-0.3, -0.25) is 4.79 Å². The van der Waals surface area contributed by atoms with E-state index in [0.29, 0.717) is 26.1 Å². The number of benzene rings is 2. The van der Waals surface area contributed by atoms with E-state index in [2.05, 4.69) is 4.72 Å². The highest BCUT2D eigenvalue weighted by Crippen LogP contribution is 2.37. The number of nitrogens with one attached hydrogen (secondary N) is 1. The van der Waals surface area contributed by atoms with Gasteiger partial charge in [-0.1, -0.05) is 18.2 Å². The summed E-state index contributed by atoms with van der Waals surface area (Å²) in [6, 6.07) is 14.9. The van der Waals surface area contributed by atoms with Gasteiger partial charge in [0.1, 0.15) is 0 Å². The quantitative estimate of drug-likeness (QED) is 0.776. The van der Waals surface area contributed by atoms with Crippen molar-refractivity contribution in [3.05, 3.63) is 54.1 Å². The van der Waals surface area contributed by atoms with Crippen molar-refractivity contribution in [1.29, 1.82) is 0 Å². The second-order valence-corrected chi connectivity index (χ2v) is 9.23. The van der Waals surface area contributed by atoms with E-state index in [-0.39, 0.29) is 16.7 Å². The van der Waals surface area contributed by atoms with E-state index < -0.39 is 10.0 Å². The van der Waals surface area contributed by atoms with Gasteiger partial charge in [0.2, 0.25) is 15.9 Å². The maximum Gasteiger partial charge on any atom is 0.240 e. The zero-order chi connectivity index (χ0) is 19.7. The fourth-order valence-electron chi connectivity index (χ4n) is 3.57. The van der Waals surface area contributed by atoms with Crippen molar-refractivity contribution < 1.29 is 13.2 Å². The molecule has 0 saturated heterocycles. The molecule has 1 fully saturated rings. The molecule has 1 aliphatic heterocycles. The van der Waals surface area contributed by atoms with Crippen LogP contribution in [-0.2, 0) is 21.2 Å². The molecule has 28 heavy (non-hydrogen) atoms. The second kappa shape index (κ2) is 7.56. The van der Waals surface area contributed by atoms with Gasteiger partial charge < -0.3 is 9.80 Å². The fraction of sp³-hybridized carbons (Fsp3) is 0.381. The molecular formula is C21H25N3O3S. The summed E-state index contributed by atoms with van der Waals surface area (Å²) >= 11 is 0. The Morgan fingerprint density at radius 3 is 2.64 bits per heavy atom. The molecule has 1 aliphatic carbocycles. The zero-order valence-electron chi connectivity index (χ0n) is 16.0. The van der Waals surface area contributed by atoms with Crippen LogP contribution in [0, 0.1) is 5.92 Å². The molecule has 1 N–H and O–H groups in total. The van der Waals surface area contributed by atoms with Crippen molar-refractivity contribution in [2.75, 3.05) is 36.5 Å². The minimum Gasteiger partial charge on any atom is -0.373 e. The van der Waals surface area contributed by atoms with Crippen molar-refractivity contribution in [2.45, 2.75) is 24.2 Å². The number of para-hydroxylation sites is 1. The predicted molar refractivity (Wildman–Crippen MR) is 110 cm³/mol. The average Bonchev–Trinajstić information content (AvgIpc) is 3.47. The molecule has 148 valence electrons. The molecule has 6 nitrogen and oxygen atoms in total. The number of sulfonamides is 1. The van der Waals surface area contributed by atoms with Gasteiger partial charge >= 0.3 is 0 Å². The largest absolute Gasteiger partial charge is 0.373 e. The summed E-state index contributed by atoms with van der Waals surface area (Å²) in [5.41, 5.74) is 2.83. The lowest BCUT2D eigenvalue weighted by Gasteiger charge is -2.19. The summed E-state index contributed by atoms with van der Waals surface area (Å²) in [5, 5.41) is 0. The lowest BCUT2D eigenvalue weighted by Crippen LogP contribution is -2.33. The highest BCUT2D eigenvalue weighted by molar-refractivity contribution is 7.89. The highest BCUT2D eigenvalue weighted by atomic mass is 32.2. The minimum absolute atomic E-state index is 0.164. The average molecular weight is 400 g/mol. The van der Waals surface area contributed by atoms with Crippen LogP contribution in [0.5, 0.6) is 0 Å². The summed E-state index contributed by atoms with van der Waals surface area (Å²) in [4.78, 5) is 16.4. The predicted octanol–water partition coefficient (Wildman–Crippen LogP) is 2.40. The smallest absolute Gasteiger partial charge is 0.240 e. The van der Waals surface area contributed by atoms with E-state index in [0.717, 1.165) is 29.8 Å². The first-order valence-electron chi connectivity index (χ1n) is 9.66. The second-order valence-electron chi connectivity index (χ2n) is 7.46. The van der Waals surface area contributed by atoms with E-state index in [1.807, 2.05) is 47.2 Å². The number of fused-ring (bicyclic) bond motifs is 1. The third-order valence-corrected chi connectivity index (χ3v) is 6.84. The van der Waals surface area contributed by atoms with Crippen LogP contribution >= 0.6 is 0 Å². The lowest BCUT2D eigenvalue weighted by molar-refractivity contribution is -0.119. The Bertz CT molecular complexity index is 972. The van der Waals surface area contributed by atoms with Gasteiger partial charge in [0.25, 0.3) is 0 Å². The Morgan fingerprint density at radius 2 is 1.93 bits per heavy atom. The Balaban J connectivity index is 1.40. The molecule has 4 rings (SSSR count). The first-order chi connectivity index (χ1) is 13.5. The Kier molecular flexibility index (Phi) is 5.12. The normalized spacial score (nSPS) is 16.1. The first-order valence-corrected chi connectivity index (χ1v) is 11.1. The molecule has 0 aromatic heterocycles. The molecule has 0 atom stereocenters. The molecule has 0 radical (unpaired) electrons. The SMILES string of the molecule is CN(CCNS(=O)(=O)c1ccc2c(c1)CCN2C(=O)C1CC1)c1ccccc1. The lowest BCUT2D eigenvalue weighted by atomic mass is 10.2. The van der Waals surface area contributed by atoms with Gasteiger partial charge in [-0.25, -0.2) is 13.1 Å². The van der Waals surface area contributed by atoms with Crippen LogP contribution in [0.4, 0.5) is 11.4 Å². The van der Waals surface area contributed by atoms with Crippen LogP contribution in [0.2, 0.25) is 0 Å². The van der Waals surface area contributed by atoms with Gasteiger partial charge in [0.05, 0.1) is 4.90 Å². The summed E-state index contributed by atoms with van der Waals surface area (Å²) in [6.07, 6.45) is 2.64. The topological polar surface area (TPSA) is 69.7 Å². The minimum atomic E-state index is -3.58. The Labute approximate surface area is 166 Å². The third kappa shape index (κ3) is 3.91. The van der Waals surface area contributed by atoms with Crippen LogP contribution < -0.4 is 14.5 Å². The van der Waals surface area contributed by atoms with Crippen molar-refractivity contribution in [3.63, 3.8) is 0 Å². The number of nitrogens with zero attached hydrogens (tertiary/aromatic N) is 2. The molecule has 2 aromatic rings. The van der Waals surface area contributed by atoms with E-state index >= 15 is 0 Å². The number of carbonyl (C=O) groups excluding carboxylic acids is 1. The standard InChI is InChI=1S/C21H25N3O3S/c1-23(18-5-3-2-4-6-18)14-12-22-28(26,27)19-9-10-20-17(15-19)11-13-24(20)21(25)16-7-8-16/h2-6,9-10,15-16,22H,7-8,11-14H2,1H3. The van der Waals surface area contributed by atoms with E-state index in [1.165, 1.54) is 0 Å². The first kappa shape index (κ1) is 19.0. The van der Waals surface area contributed by atoms with Crippen molar-refractivity contribution in [2.24, 2.45) is 5.92 Å². The summed E-state index contributed by atoms with van der Waals surface area (Å²) in [6.45, 7) is 1.53. The summed E-state index contributed by atoms with van der Waals surface area (Å²) in [5.74, 6) is 0.342. The Hall–Kier alpha value is -2.38. The number of anilines is 2. The van der Waals surface area contributed by atoms with Gasteiger partial charge in [-0.15, -0.1) is 0 Å². The van der Waals surface area contributed by atoms with Gasteiger partial charge in [-0.2, -0.15) is 0 Å². The van der Waals surface area contributed by atoms with Gasteiger partial charge in [0.15, 0.2) is 0 Å². The number of rotatable bonds is 7. The Morgan fingerprint density at radius 1 is 1.18 bits per heavy atom. The molecule has 0 spiro atoms. The van der Waals surface area contributed by atoms with Crippen LogP contribution in [0.1, 0.15) is 18.4 Å². The number of likely N-dealkylation sites (N-methyl/N-ethyl adjacent to an activating group) is 1. The maximum atomic E-state index is 12.7. The van der Waals surface area contributed by atoms with Crippen LogP contribution in [0.15, 0.2) is 53.4 Å². The van der Waals surface area contributed by atoms with E-state index in [4.69, 9.17) is 0 Å². The van der Waals surface area contributed by atoms with Gasteiger partial charge in [-0.05, 0) is 55.2 Å². The van der Waals surface area contributed by atoms with Crippen molar-refractivity contribution >= 4 is 27.3 Å². The van der Waals surface area contributed by atoms with Crippen molar-refractivity contribution in [1.82, 2.24) is 4.72 Å². The molecule has 2 aromatic carbocycles. The maximum absolute atomic E-state index is 12.7. The van der Waals surface area contributed by atoms with Crippen LogP contribution in [0.25, 0.3) is 0 Å².